The lowest BCUT2D eigenvalue weighted by atomic mass is 9.88. The van der Waals surface area contributed by atoms with Crippen molar-refractivity contribution < 1.29 is 19.2 Å². The van der Waals surface area contributed by atoms with Gasteiger partial charge >= 0.3 is 0 Å². The molecular formula is C24H30N4O4S2. The van der Waals surface area contributed by atoms with E-state index in [9.17, 15) is 19.2 Å². The Balaban J connectivity index is 1.40. The fourth-order valence-corrected chi connectivity index (χ4v) is 7.67. The van der Waals surface area contributed by atoms with Gasteiger partial charge in [-0.2, -0.15) is 0 Å². The molecule has 0 fully saturated rings. The molecule has 0 radical (unpaired) electrons. The van der Waals surface area contributed by atoms with Gasteiger partial charge in [0.15, 0.2) is 0 Å². The van der Waals surface area contributed by atoms with Crippen molar-refractivity contribution in [2.24, 2.45) is 23.3 Å². The molecule has 2 aromatic heterocycles. The zero-order chi connectivity index (χ0) is 24.6. The summed E-state index contributed by atoms with van der Waals surface area (Å²) >= 11 is 2.79. The number of nitrogens with one attached hydrogen (secondary N) is 2. The van der Waals surface area contributed by atoms with Gasteiger partial charge in [-0.3, -0.25) is 19.2 Å². The Labute approximate surface area is 206 Å². The van der Waals surface area contributed by atoms with Crippen molar-refractivity contribution in [3.63, 3.8) is 0 Å². The second-order valence-electron chi connectivity index (χ2n) is 9.44. The van der Waals surface area contributed by atoms with Gasteiger partial charge < -0.3 is 22.1 Å². The van der Waals surface area contributed by atoms with Gasteiger partial charge in [-0.05, 0) is 61.5 Å². The predicted octanol–water partition coefficient (Wildman–Crippen LogP) is 3.61. The van der Waals surface area contributed by atoms with Gasteiger partial charge in [0.25, 0.3) is 11.8 Å². The third-order valence-electron chi connectivity index (χ3n) is 6.60. The maximum Gasteiger partial charge on any atom is 0.251 e. The van der Waals surface area contributed by atoms with Crippen molar-refractivity contribution in [1.82, 2.24) is 0 Å². The minimum absolute atomic E-state index is 0.0585. The summed E-state index contributed by atoms with van der Waals surface area (Å²) in [5.74, 6) is -0.770. The van der Waals surface area contributed by atoms with E-state index in [0.29, 0.717) is 33.0 Å². The lowest BCUT2D eigenvalue weighted by Gasteiger charge is -2.18. The zero-order valence-electron chi connectivity index (χ0n) is 19.4. The Kier molecular flexibility index (Phi) is 7.09. The summed E-state index contributed by atoms with van der Waals surface area (Å²) in [6.45, 7) is 4.33. The first-order chi connectivity index (χ1) is 16.1. The highest BCUT2D eigenvalue weighted by Gasteiger charge is 2.29. The van der Waals surface area contributed by atoms with Gasteiger partial charge in [-0.25, -0.2) is 0 Å². The molecule has 4 rings (SSSR count). The van der Waals surface area contributed by atoms with E-state index in [1.54, 1.807) is 0 Å². The highest BCUT2D eigenvalue weighted by molar-refractivity contribution is 7.17. The summed E-state index contributed by atoms with van der Waals surface area (Å²) in [6.07, 6.45) is 5.12. The molecule has 6 N–H and O–H groups in total. The lowest BCUT2D eigenvalue weighted by Crippen LogP contribution is -2.21. The minimum atomic E-state index is -0.546. The molecule has 182 valence electrons. The van der Waals surface area contributed by atoms with E-state index < -0.39 is 11.8 Å². The number of carbonyl (C=O) groups is 4. The van der Waals surface area contributed by atoms with Crippen LogP contribution in [0.15, 0.2) is 0 Å². The molecule has 34 heavy (non-hydrogen) atoms. The standard InChI is InChI=1S/C24H30N4O4S2/c1-11-3-5-13-15(9-11)33-23(19(13)21(25)31)27-17(29)7-8-18(30)28-24-20(22(26)32)14-6-4-12(2)10-16(14)34-24/h11-12H,3-10H2,1-2H3,(H2,25,31)(H2,26,32)(H,27,29)(H,28,30). The SMILES string of the molecule is CC1CCc2c(sc(NC(=O)CCC(=O)Nc3sc4c(c3C(N)=O)CCC(C)C4)c2C(N)=O)C1. The molecule has 2 aliphatic carbocycles. The van der Waals surface area contributed by atoms with Gasteiger partial charge in [-0.1, -0.05) is 13.8 Å². The number of amides is 4. The Morgan fingerprint density at radius 2 is 1.15 bits per heavy atom. The third kappa shape index (κ3) is 5.02. The smallest absolute Gasteiger partial charge is 0.251 e. The lowest BCUT2D eigenvalue weighted by molar-refractivity contribution is -0.121. The van der Waals surface area contributed by atoms with Crippen LogP contribution in [0.1, 0.15) is 81.1 Å². The van der Waals surface area contributed by atoms with Crippen LogP contribution in [-0.2, 0) is 35.3 Å². The van der Waals surface area contributed by atoms with Crippen molar-refractivity contribution >= 4 is 56.3 Å². The summed E-state index contributed by atoms with van der Waals surface area (Å²) in [4.78, 5) is 51.5. The highest BCUT2D eigenvalue weighted by Crippen LogP contribution is 2.40. The van der Waals surface area contributed by atoms with E-state index in [-0.39, 0.29) is 24.7 Å². The summed E-state index contributed by atoms with van der Waals surface area (Å²) in [5, 5.41) is 6.50. The Hall–Kier alpha value is -2.72. The number of thiophene rings is 2. The van der Waals surface area contributed by atoms with E-state index in [1.165, 1.54) is 22.7 Å². The fourth-order valence-electron chi connectivity index (χ4n) is 4.80. The van der Waals surface area contributed by atoms with Crippen LogP contribution in [-0.4, -0.2) is 23.6 Å². The first-order valence-electron chi connectivity index (χ1n) is 11.6. The molecule has 0 saturated carbocycles. The quantitative estimate of drug-likeness (QED) is 0.458. The van der Waals surface area contributed by atoms with Crippen LogP contribution in [0.2, 0.25) is 0 Å². The van der Waals surface area contributed by atoms with Crippen LogP contribution in [0.3, 0.4) is 0 Å². The van der Waals surface area contributed by atoms with E-state index in [2.05, 4.69) is 24.5 Å². The normalized spacial score (nSPS) is 19.1. The molecule has 2 aliphatic rings. The van der Waals surface area contributed by atoms with Crippen molar-refractivity contribution in [3.8, 4) is 0 Å². The van der Waals surface area contributed by atoms with Crippen LogP contribution in [0.25, 0.3) is 0 Å². The summed E-state index contributed by atoms with van der Waals surface area (Å²) in [7, 11) is 0. The van der Waals surface area contributed by atoms with E-state index >= 15 is 0 Å². The molecule has 4 amide bonds. The second-order valence-corrected chi connectivity index (χ2v) is 11.6. The molecule has 0 aliphatic heterocycles. The summed E-state index contributed by atoms with van der Waals surface area (Å²) < 4.78 is 0. The maximum absolute atomic E-state index is 12.6. The van der Waals surface area contributed by atoms with Crippen LogP contribution in [0, 0.1) is 11.8 Å². The number of rotatable bonds is 7. The molecule has 0 aromatic carbocycles. The van der Waals surface area contributed by atoms with Gasteiger partial charge in [0.05, 0.1) is 11.1 Å². The van der Waals surface area contributed by atoms with Crippen LogP contribution in [0.4, 0.5) is 10.0 Å². The van der Waals surface area contributed by atoms with Gasteiger partial charge in [-0.15, -0.1) is 22.7 Å². The number of nitrogens with two attached hydrogens (primary N) is 2. The third-order valence-corrected chi connectivity index (χ3v) is 8.94. The number of hydrogen-bond donors (Lipinski definition) is 4. The number of carbonyl (C=O) groups excluding carboxylic acids is 4. The van der Waals surface area contributed by atoms with Crippen LogP contribution in [0.5, 0.6) is 0 Å². The molecule has 0 spiro atoms. The molecule has 0 saturated heterocycles. The summed E-state index contributed by atoms with van der Waals surface area (Å²) in [5.41, 5.74) is 13.9. The van der Waals surface area contributed by atoms with Crippen molar-refractivity contribution in [1.29, 1.82) is 0 Å². The van der Waals surface area contributed by atoms with E-state index in [1.807, 2.05) is 0 Å². The van der Waals surface area contributed by atoms with Crippen LogP contribution < -0.4 is 22.1 Å². The van der Waals surface area contributed by atoms with Gasteiger partial charge in [0.2, 0.25) is 11.8 Å². The molecule has 2 unspecified atom stereocenters. The first-order valence-corrected chi connectivity index (χ1v) is 13.3. The number of primary amides is 2. The molecular weight excluding hydrogens is 472 g/mol. The average Bonchev–Trinajstić information content (AvgIpc) is 3.28. The Morgan fingerprint density at radius 1 is 0.765 bits per heavy atom. The highest BCUT2D eigenvalue weighted by atomic mass is 32.1. The summed E-state index contributed by atoms with van der Waals surface area (Å²) in [6, 6.07) is 0. The molecule has 10 heteroatoms. The maximum atomic E-state index is 12.6. The van der Waals surface area contributed by atoms with Crippen LogP contribution >= 0.6 is 22.7 Å². The second kappa shape index (κ2) is 9.87. The molecule has 2 atom stereocenters. The number of hydrogen-bond acceptors (Lipinski definition) is 6. The van der Waals surface area contributed by atoms with Gasteiger partial charge in [0, 0.05) is 22.6 Å². The number of fused-ring (bicyclic) bond motifs is 2. The number of anilines is 2. The van der Waals surface area contributed by atoms with Crippen molar-refractivity contribution in [3.05, 3.63) is 32.0 Å². The Bertz CT molecular complexity index is 1080. The topological polar surface area (TPSA) is 144 Å². The zero-order valence-corrected chi connectivity index (χ0v) is 21.0. The average molecular weight is 503 g/mol. The van der Waals surface area contributed by atoms with E-state index in [4.69, 9.17) is 11.5 Å². The van der Waals surface area contributed by atoms with Crippen molar-refractivity contribution in [2.75, 3.05) is 10.6 Å². The molecule has 2 aromatic rings. The Morgan fingerprint density at radius 3 is 1.50 bits per heavy atom. The predicted molar refractivity (Wildman–Crippen MR) is 135 cm³/mol. The first kappa shape index (κ1) is 24.4. The fraction of sp³-hybridized carbons (Fsp3) is 0.500. The molecule has 2 heterocycles. The largest absolute Gasteiger partial charge is 0.365 e. The molecule has 0 bridgehead atoms. The van der Waals surface area contributed by atoms with Gasteiger partial charge in [0.1, 0.15) is 10.0 Å². The minimum Gasteiger partial charge on any atom is -0.365 e. The molecule has 8 nitrogen and oxygen atoms in total. The van der Waals surface area contributed by atoms with E-state index in [0.717, 1.165) is 59.4 Å². The monoisotopic (exact) mass is 502 g/mol. The van der Waals surface area contributed by atoms with Crippen molar-refractivity contribution in [2.45, 2.75) is 65.2 Å².